The first-order chi connectivity index (χ1) is 9.95. The Morgan fingerprint density at radius 3 is 2.62 bits per heavy atom. The molecule has 0 heterocycles. The number of Topliss-reactive ketones (excluding diaryl/α,β-unsaturated/α-hetero) is 1. The number of aliphatic hydroxyl groups is 1. The van der Waals surface area contributed by atoms with Crippen LogP contribution in [-0.4, -0.2) is 17.0 Å². The molecule has 0 aromatic rings. The molecule has 0 radical (unpaired) electrons. The average Bonchev–Trinajstić information content (AvgIpc) is 2.76. The Morgan fingerprint density at radius 2 is 1.81 bits per heavy atom. The van der Waals surface area contributed by atoms with Crippen molar-refractivity contribution in [1.82, 2.24) is 0 Å². The maximum absolute atomic E-state index is 12.4. The zero-order valence-electron chi connectivity index (χ0n) is 13.4. The number of ketones is 1. The number of fused-ring (bicyclic) bond motifs is 5. The summed E-state index contributed by atoms with van der Waals surface area (Å²) in [5.41, 5.74) is 1.81. The van der Waals surface area contributed by atoms with E-state index in [4.69, 9.17) is 0 Å². The number of carbonyl (C=O) groups is 1. The lowest BCUT2D eigenvalue weighted by Crippen LogP contribution is -2.50. The lowest BCUT2D eigenvalue weighted by atomic mass is 9.48. The van der Waals surface area contributed by atoms with Gasteiger partial charge in [0.2, 0.25) is 0 Å². The minimum absolute atomic E-state index is 0.0168. The molecule has 2 nitrogen and oxygen atoms in total. The van der Waals surface area contributed by atoms with Gasteiger partial charge in [-0.15, -0.1) is 0 Å². The van der Waals surface area contributed by atoms with Crippen LogP contribution < -0.4 is 0 Å². The second-order valence-electron chi connectivity index (χ2n) is 8.57. The van der Waals surface area contributed by atoms with Crippen molar-refractivity contribution in [1.29, 1.82) is 0 Å². The van der Waals surface area contributed by atoms with Gasteiger partial charge in [-0.1, -0.05) is 25.5 Å². The van der Waals surface area contributed by atoms with Gasteiger partial charge >= 0.3 is 0 Å². The van der Waals surface area contributed by atoms with Gasteiger partial charge < -0.3 is 5.11 Å². The van der Waals surface area contributed by atoms with E-state index < -0.39 is 0 Å². The van der Waals surface area contributed by atoms with Crippen molar-refractivity contribution in [2.75, 3.05) is 0 Å². The SMILES string of the molecule is C[C@]12CC[C@H](O)CC1=CCC1C2CC[C@]2(C)C(=O)CC[C@@H]12. The van der Waals surface area contributed by atoms with Crippen LogP contribution >= 0.6 is 0 Å². The van der Waals surface area contributed by atoms with Gasteiger partial charge in [0.1, 0.15) is 5.78 Å². The van der Waals surface area contributed by atoms with Crippen LogP contribution in [0.3, 0.4) is 0 Å². The molecule has 0 aromatic carbocycles. The average molecular weight is 288 g/mol. The normalized spacial score (nSPS) is 52.7. The molecule has 21 heavy (non-hydrogen) atoms. The summed E-state index contributed by atoms with van der Waals surface area (Å²) in [6, 6.07) is 0. The van der Waals surface area contributed by atoms with Gasteiger partial charge in [0, 0.05) is 11.8 Å². The van der Waals surface area contributed by atoms with Crippen LogP contribution in [0.4, 0.5) is 0 Å². The van der Waals surface area contributed by atoms with Crippen LogP contribution in [0.2, 0.25) is 0 Å². The zero-order chi connectivity index (χ0) is 14.8. The number of hydrogen-bond acceptors (Lipinski definition) is 2. The highest BCUT2D eigenvalue weighted by Gasteiger charge is 2.58. The Balaban J connectivity index is 1.69. The lowest BCUT2D eigenvalue weighted by molar-refractivity contribution is -0.132. The molecule has 116 valence electrons. The van der Waals surface area contributed by atoms with Crippen molar-refractivity contribution in [2.24, 2.45) is 28.6 Å². The molecule has 6 atom stereocenters. The molecule has 3 fully saturated rings. The van der Waals surface area contributed by atoms with Crippen molar-refractivity contribution < 1.29 is 9.90 Å². The summed E-state index contributed by atoms with van der Waals surface area (Å²) in [7, 11) is 0. The first kappa shape index (κ1) is 14.0. The fraction of sp³-hybridized carbons (Fsp3) is 0.842. The Hall–Kier alpha value is -0.630. The van der Waals surface area contributed by atoms with E-state index in [1.165, 1.54) is 12.0 Å². The molecular formula is C19H28O2. The maximum Gasteiger partial charge on any atom is 0.139 e. The molecule has 4 aliphatic rings. The van der Waals surface area contributed by atoms with Crippen LogP contribution in [-0.2, 0) is 4.79 Å². The summed E-state index contributed by atoms with van der Waals surface area (Å²) in [6.45, 7) is 4.69. The van der Waals surface area contributed by atoms with Crippen LogP contribution in [0.1, 0.15) is 65.2 Å². The third-order valence-corrected chi connectivity index (χ3v) is 7.79. The Labute approximate surface area is 128 Å². The highest BCUT2D eigenvalue weighted by atomic mass is 16.3. The van der Waals surface area contributed by atoms with Crippen LogP contribution in [0.15, 0.2) is 11.6 Å². The molecular weight excluding hydrogens is 260 g/mol. The third kappa shape index (κ3) is 1.78. The highest BCUT2D eigenvalue weighted by Crippen LogP contribution is 2.63. The molecule has 0 aromatic heterocycles. The molecule has 2 heteroatoms. The van der Waals surface area contributed by atoms with Crippen molar-refractivity contribution in [3.63, 3.8) is 0 Å². The molecule has 4 rings (SSSR count). The quantitative estimate of drug-likeness (QED) is 0.687. The lowest BCUT2D eigenvalue weighted by Gasteiger charge is -2.56. The van der Waals surface area contributed by atoms with Gasteiger partial charge in [-0.2, -0.15) is 0 Å². The van der Waals surface area contributed by atoms with E-state index in [1.54, 1.807) is 0 Å². The number of rotatable bonds is 0. The molecule has 0 aliphatic heterocycles. The summed E-state index contributed by atoms with van der Waals surface area (Å²) in [6.07, 6.45) is 10.7. The first-order valence-electron chi connectivity index (χ1n) is 8.86. The van der Waals surface area contributed by atoms with Gasteiger partial charge in [-0.25, -0.2) is 0 Å². The molecule has 1 N–H and O–H groups in total. The van der Waals surface area contributed by atoms with Crippen molar-refractivity contribution in [3.8, 4) is 0 Å². The van der Waals surface area contributed by atoms with Crippen LogP contribution in [0, 0.1) is 28.6 Å². The third-order valence-electron chi connectivity index (χ3n) is 7.79. The molecule has 0 amide bonds. The predicted octanol–water partition coefficient (Wildman–Crippen LogP) is 3.88. The summed E-state index contributed by atoms with van der Waals surface area (Å²) in [4.78, 5) is 12.4. The predicted molar refractivity (Wildman–Crippen MR) is 82.7 cm³/mol. The largest absolute Gasteiger partial charge is 0.393 e. The maximum atomic E-state index is 12.4. The van der Waals surface area contributed by atoms with E-state index >= 15 is 0 Å². The number of carbonyl (C=O) groups excluding carboxylic acids is 1. The molecule has 0 bridgehead atoms. The Kier molecular flexibility index (Phi) is 2.96. The van der Waals surface area contributed by atoms with Crippen LogP contribution in [0.5, 0.6) is 0 Å². The molecule has 3 saturated carbocycles. The van der Waals surface area contributed by atoms with Crippen molar-refractivity contribution in [3.05, 3.63) is 11.6 Å². The molecule has 4 aliphatic carbocycles. The fourth-order valence-corrected chi connectivity index (χ4v) is 6.41. The minimum atomic E-state index is -0.122. The first-order valence-corrected chi connectivity index (χ1v) is 8.86. The van der Waals surface area contributed by atoms with Crippen molar-refractivity contribution >= 4 is 5.78 Å². The standard InChI is InChI=1S/C19H28O2/c1-18-9-7-13(20)11-12(18)3-4-14-15-5-6-17(21)19(15,2)10-8-16(14)18/h3,13-16,20H,4-11H2,1-2H3/t13-,14?,15-,16?,18-,19-/m0/s1. The van der Waals surface area contributed by atoms with Gasteiger partial charge in [-0.3, -0.25) is 4.79 Å². The van der Waals surface area contributed by atoms with Gasteiger partial charge in [-0.05, 0) is 68.1 Å². The zero-order valence-corrected chi connectivity index (χ0v) is 13.4. The Morgan fingerprint density at radius 1 is 1.10 bits per heavy atom. The van der Waals surface area contributed by atoms with E-state index in [0.717, 1.165) is 50.9 Å². The minimum Gasteiger partial charge on any atom is -0.393 e. The topological polar surface area (TPSA) is 37.3 Å². The molecule has 2 unspecified atom stereocenters. The van der Waals surface area contributed by atoms with Gasteiger partial charge in [0.05, 0.1) is 6.10 Å². The smallest absolute Gasteiger partial charge is 0.139 e. The van der Waals surface area contributed by atoms with Crippen LogP contribution in [0.25, 0.3) is 0 Å². The monoisotopic (exact) mass is 288 g/mol. The van der Waals surface area contributed by atoms with Gasteiger partial charge in [0.15, 0.2) is 0 Å². The Bertz CT molecular complexity index is 508. The van der Waals surface area contributed by atoms with E-state index in [1.807, 2.05) is 0 Å². The second kappa shape index (κ2) is 4.44. The van der Waals surface area contributed by atoms with E-state index in [2.05, 4.69) is 19.9 Å². The number of aliphatic hydroxyl groups excluding tert-OH is 1. The van der Waals surface area contributed by atoms with Crippen molar-refractivity contribution in [2.45, 2.75) is 71.3 Å². The summed E-state index contributed by atoms with van der Waals surface area (Å²) < 4.78 is 0. The highest BCUT2D eigenvalue weighted by molar-refractivity contribution is 5.87. The fourth-order valence-electron chi connectivity index (χ4n) is 6.41. The number of allylic oxidation sites excluding steroid dienone is 1. The van der Waals surface area contributed by atoms with E-state index in [9.17, 15) is 9.90 Å². The van der Waals surface area contributed by atoms with E-state index in [0.29, 0.717) is 23.0 Å². The summed E-state index contributed by atoms with van der Waals surface area (Å²) in [5, 5.41) is 10.00. The van der Waals surface area contributed by atoms with E-state index in [-0.39, 0.29) is 11.5 Å². The summed E-state index contributed by atoms with van der Waals surface area (Å²) in [5.74, 6) is 2.60. The number of hydrogen-bond donors (Lipinski definition) is 1. The molecule has 0 saturated heterocycles. The summed E-state index contributed by atoms with van der Waals surface area (Å²) >= 11 is 0. The second-order valence-corrected chi connectivity index (χ2v) is 8.57. The van der Waals surface area contributed by atoms with Gasteiger partial charge in [0.25, 0.3) is 0 Å². The molecule has 0 spiro atoms.